The molecule has 5 heterocycles. The number of allylic oxidation sites excluding steroid dienone is 4. The summed E-state index contributed by atoms with van der Waals surface area (Å²) in [5.41, 5.74) is 3.94. The second-order valence-electron chi connectivity index (χ2n) is 9.52. The minimum atomic E-state index is -0.144. The molecule has 44 heavy (non-hydrogen) atoms. The van der Waals surface area contributed by atoms with E-state index in [1.807, 2.05) is 57.9 Å². The molecule has 1 aliphatic heterocycles. The Labute approximate surface area is 297 Å². The summed E-state index contributed by atoms with van der Waals surface area (Å²) in [6.45, 7) is 0. The molecule has 4 aromatic rings. The normalized spacial score (nSPS) is 15.4. The highest BCUT2D eigenvalue weighted by atomic mass is 79.9. The third-order valence-corrected chi connectivity index (χ3v) is 9.59. The lowest BCUT2D eigenvalue weighted by molar-refractivity contribution is -0.131. The van der Waals surface area contributed by atoms with E-state index in [2.05, 4.69) is 67.9 Å². The molecule has 0 N–H and O–H groups in total. The van der Waals surface area contributed by atoms with Crippen molar-refractivity contribution in [1.29, 1.82) is 0 Å². The van der Waals surface area contributed by atoms with Gasteiger partial charge in [0.25, 0.3) is 0 Å². The Balaban J connectivity index is 0.000000141. The second-order valence-corrected chi connectivity index (χ2v) is 13.5. The molecule has 0 atom stereocenters. The molecule has 7 rings (SSSR count). The summed E-state index contributed by atoms with van der Waals surface area (Å²) in [6.07, 6.45) is 11.2. The number of nitrogens with zero attached hydrogens (tertiary/aromatic N) is 7. The van der Waals surface area contributed by atoms with Crippen LogP contribution in [0.15, 0.2) is 68.1 Å². The van der Waals surface area contributed by atoms with Gasteiger partial charge in [0.1, 0.15) is 11.6 Å². The molecule has 0 saturated carbocycles. The fourth-order valence-corrected chi connectivity index (χ4v) is 6.95. The highest BCUT2D eigenvalue weighted by molar-refractivity contribution is 9.11. The Morgan fingerprint density at radius 3 is 1.59 bits per heavy atom. The number of amides is 2. The fraction of sp³-hybridized carbons (Fsp3) is 0.214. The van der Waals surface area contributed by atoms with Gasteiger partial charge in [0, 0.05) is 72.1 Å². The number of imide groups is 1. The number of hydrogen-bond acceptors (Lipinski definition) is 6. The Kier molecular flexibility index (Phi) is 11.0. The Bertz CT molecular complexity index is 1770. The van der Waals surface area contributed by atoms with Gasteiger partial charge in [-0.3, -0.25) is 14.2 Å². The van der Waals surface area contributed by atoms with E-state index in [0.717, 1.165) is 57.3 Å². The van der Waals surface area contributed by atoms with Crippen LogP contribution in [0.25, 0.3) is 11.6 Å². The van der Waals surface area contributed by atoms with Gasteiger partial charge in [-0.05, 0) is 79.3 Å². The predicted octanol–water partition coefficient (Wildman–Crippen LogP) is 8.25. The molecule has 2 amide bonds. The molecule has 1 fully saturated rings. The van der Waals surface area contributed by atoms with Crippen LogP contribution >= 0.6 is 94.4 Å². The van der Waals surface area contributed by atoms with Gasteiger partial charge in [-0.15, -0.1) is 0 Å². The Morgan fingerprint density at radius 2 is 1.14 bits per heavy atom. The summed E-state index contributed by atoms with van der Waals surface area (Å²) in [5.74, 6) is 1.28. The standard InChI is InChI=1S/C12H7Br2Cl2N3.C12H9Cl2N3.C4H4BrNO2/c13-9-3-4-10(14)19(9)11-7-5-6(15)1-2-8(7)17-12(16)18-11;13-8-3-4-10-9(7-8)11(16-12(14)15-10)17-5-1-2-6-17;5-6-3(7)1-2-4(6)8/h1,3-4H,2,5H2;1-3,5-6H,4,7H2;1-2H2. The molecule has 9 nitrogen and oxygen atoms in total. The highest BCUT2D eigenvalue weighted by Crippen LogP contribution is 2.32. The van der Waals surface area contributed by atoms with Crippen LogP contribution in [-0.4, -0.2) is 44.8 Å². The van der Waals surface area contributed by atoms with Gasteiger partial charge in [-0.2, -0.15) is 9.97 Å². The summed E-state index contributed by atoms with van der Waals surface area (Å²) in [5, 5.41) is 2.16. The molecule has 0 unspecified atom stereocenters. The van der Waals surface area contributed by atoms with E-state index in [0.29, 0.717) is 38.5 Å². The van der Waals surface area contributed by atoms with Crippen LogP contribution in [0.3, 0.4) is 0 Å². The van der Waals surface area contributed by atoms with Crippen molar-refractivity contribution in [3.05, 3.63) is 101 Å². The zero-order valence-electron chi connectivity index (χ0n) is 22.5. The first-order chi connectivity index (χ1) is 21.0. The lowest BCUT2D eigenvalue weighted by Gasteiger charge is -2.18. The SMILES string of the molecule is ClC1=CCc2nc(Cl)nc(-n3c(Br)ccc3Br)c2C1.ClC1=CCc2nc(Cl)nc(-n3cccc3)c2C1.O=C1CCC(=O)N1Br. The molecular weight excluding hydrogens is 848 g/mol. The van der Waals surface area contributed by atoms with Crippen LogP contribution in [0.4, 0.5) is 0 Å². The number of fused-ring (bicyclic) bond motifs is 2. The van der Waals surface area contributed by atoms with Crippen molar-refractivity contribution in [1.82, 2.24) is 33.0 Å². The summed E-state index contributed by atoms with van der Waals surface area (Å²) in [6, 6.07) is 7.77. The monoisotopic (exact) mass is 863 g/mol. The van der Waals surface area contributed by atoms with E-state index in [4.69, 9.17) is 46.4 Å². The summed E-state index contributed by atoms with van der Waals surface area (Å²) in [4.78, 5) is 38.1. The van der Waals surface area contributed by atoms with E-state index in [9.17, 15) is 9.59 Å². The van der Waals surface area contributed by atoms with E-state index in [1.54, 1.807) is 0 Å². The summed E-state index contributed by atoms with van der Waals surface area (Å²) >= 11 is 34.0. The van der Waals surface area contributed by atoms with Gasteiger partial charge in [-0.25, -0.2) is 13.9 Å². The number of aromatic nitrogens is 6. The molecule has 4 aromatic heterocycles. The fourth-order valence-electron chi connectivity index (χ4n) is 4.59. The summed E-state index contributed by atoms with van der Waals surface area (Å²) in [7, 11) is 0. The number of halogens is 7. The molecule has 0 spiro atoms. The van der Waals surface area contributed by atoms with Crippen molar-refractivity contribution in [3.63, 3.8) is 0 Å². The minimum absolute atomic E-state index is 0.144. The minimum Gasteiger partial charge on any atom is -0.308 e. The van der Waals surface area contributed by atoms with Crippen molar-refractivity contribution in [3.8, 4) is 11.6 Å². The van der Waals surface area contributed by atoms with Crippen LogP contribution < -0.4 is 0 Å². The molecule has 3 aliphatic rings. The first kappa shape index (κ1) is 33.3. The molecule has 16 heteroatoms. The second kappa shape index (κ2) is 14.6. The van der Waals surface area contributed by atoms with Crippen LogP contribution in [0.5, 0.6) is 0 Å². The van der Waals surface area contributed by atoms with Gasteiger partial charge < -0.3 is 4.57 Å². The van der Waals surface area contributed by atoms with Gasteiger partial charge in [0.15, 0.2) is 0 Å². The van der Waals surface area contributed by atoms with E-state index >= 15 is 0 Å². The number of rotatable bonds is 2. The lowest BCUT2D eigenvalue weighted by atomic mass is 10.0. The topological polar surface area (TPSA) is 98.8 Å². The van der Waals surface area contributed by atoms with Crippen LogP contribution in [0, 0.1) is 0 Å². The maximum atomic E-state index is 10.4. The zero-order chi connectivity index (χ0) is 31.5. The highest BCUT2D eigenvalue weighted by Gasteiger charge is 2.26. The molecular formula is C28H20Br3Cl4N7O2. The Hall–Kier alpha value is -2.06. The first-order valence-corrected chi connectivity index (χ1v) is 16.8. The predicted molar refractivity (Wildman–Crippen MR) is 181 cm³/mol. The van der Waals surface area contributed by atoms with Crippen LogP contribution in [-0.2, 0) is 35.3 Å². The molecule has 0 radical (unpaired) electrons. The molecule has 2 aliphatic carbocycles. The number of carbonyl (C=O) groups is 2. The lowest BCUT2D eigenvalue weighted by Crippen LogP contribution is -2.16. The molecule has 0 bridgehead atoms. The smallest absolute Gasteiger partial charge is 0.239 e. The van der Waals surface area contributed by atoms with Crippen LogP contribution in [0.2, 0.25) is 10.6 Å². The largest absolute Gasteiger partial charge is 0.308 e. The molecule has 228 valence electrons. The van der Waals surface area contributed by atoms with Gasteiger partial charge in [0.2, 0.25) is 22.4 Å². The molecule has 0 aromatic carbocycles. The van der Waals surface area contributed by atoms with Crippen molar-refractivity contribution in [2.75, 3.05) is 0 Å². The van der Waals surface area contributed by atoms with Crippen molar-refractivity contribution >= 4 is 106 Å². The van der Waals surface area contributed by atoms with Gasteiger partial charge in [-0.1, -0.05) is 35.4 Å². The van der Waals surface area contributed by atoms with Gasteiger partial charge in [0.05, 0.1) is 36.7 Å². The van der Waals surface area contributed by atoms with Crippen LogP contribution in [0.1, 0.15) is 35.4 Å². The third-order valence-electron chi connectivity index (χ3n) is 6.65. The van der Waals surface area contributed by atoms with Crippen molar-refractivity contribution in [2.45, 2.75) is 38.5 Å². The first-order valence-electron chi connectivity index (χ1n) is 13.0. The van der Waals surface area contributed by atoms with Crippen molar-refractivity contribution in [2.24, 2.45) is 0 Å². The third kappa shape index (κ3) is 7.66. The van der Waals surface area contributed by atoms with Crippen molar-refractivity contribution < 1.29 is 9.59 Å². The number of carbonyl (C=O) groups excluding carboxylic acids is 2. The average molecular weight is 868 g/mol. The zero-order valence-corrected chi connectivity index (χ0v) is 30.2. The quantitative estimate of drug-likeness (QED) is 0.114. The van der Waals surface area contributed by atoms with E-state index in [-0.39, 0.29) is 22.4 Å². The average Bonchev–Trinajstić information content (AvgIpc) is 3.72. The van der Waals surface area contributed by atoms with E-state index < -0.39 is 0 Å². The van der Waals surface area contributed by atoms with E-state index in [1.165, 1.54) is 0 Å². The Morgan fingerprint density at radius 1 is 0.682 bits per heavy atom. The molecule has 1 saturated heterocycles. The maximum absolute atomic E-state index is 10.4. The summed E-state index contributed by atoms with van der Waals surface area (Å²) < 4.78 is 6.63. The van der Waals surface area contributed by atoms with Gasteiger partial charge >= 0.3 is 0 Å². The number of hydrogen-bond donors (Lipinski definition) is 0. The maximum Gasteiger partial charge on any atom is 0.239 e.